The van der Waals surface area contributed by atoms with E-state index in [9.17, 15) is 4.79 Å². The first-order valence-electron chi connectivity index (χ1n) is 4.36. The van der Waals surface area contributed by atoms with E-state index >= 15 is 0 Å². The van der Waals surface area contributed by atoms with Gasteiger partial charge in [-0.25, -0.2) is 0 Å². The molecule has 0 spiro atoms. The van der Waals surface area contributed by atoms with Crippen LogP contribution in [-0.4, -0.2) is 11.9 Å². The maximum Gasteiger partial charge on any atom is 0.249 e. The molecule has 1 heterocycles. The molecule has 2 rings (SSSR count). The quantitative estimate of drug-likeness (QED) is 0.757. The number of carbonyl (C=O) groups excluding carboxylic acids is 1. The second kappa shape index (κ2) is 3.47. The number of amides is 1. The summed E-state index contributed by atoms with van der Waals surface area (Å²) in [5, 5.41) is 5.20. The topological polar surface area (TPSA) is 55.1 Å². The van der Waals surface area contributed by atoms with Crippen LogP contribution >= 0.6 is 11.3 Å². The van der Waals surface area contributed by atoms with Crippen LogP contribution in [0.1, 0.15) is 28.1 Å². The van der Waals surface area contributed by atoms with Gasteiger partial charge in [-0.2, -0.15) is 0 Å². The van der Waals surface area contributed by atoms with Crippen molar-refractivity contribution < 1.29 is 4.79 Å². The van der Waals surface area contributed by atoms with Gasteiger partial charge in [-0.3, -0.25) is 4.79 Å². The fourth-order valence-corrected chi connectivity index (χ4v) is 1.96. The van der Waals surface area contributed by atoms with Gasteiger partial charge in [-0.15, -0.1) is 11.3 Å². The predicted molar refractivity (Wildman–Crippen MR) is 52.7 cm³/mol. The van der Waals surface area contributed by atoms with Crippen molar-refractivity contribution in [3.05, 3.63) is 21.9 Å². The molecule has 0 aliphatic heterocycles. The van der Waals surface area contributed by atoms with Crippen LogP contribution in [0, 0.1) is 0 Å². The fourth-order valence-electron chi connectivity index (χ4n) is 1.13. The van der Waals surface area contributed by atoms with Gasteiger partial charge >= 0.3 is 0 Å². The maximum atomic E-state index is 10.8. The van der Waals surface area contributed by atoms with Crippen LogP contribution in [0.15, 0.2) is 11.4 Å². The molecule has 1 aromatic heterocycles. The van der Waals surface area contributed by atoms with Crippen molar-refractivity contribution in [2.24, 2.45) is 5.73 Å². The number of hydrogen-bond donors (Lipinski definition) is 2. The highest BCUT2D eigenvalue weighted by atomic mass is 32.1. The minimum absolute atomic E-state index is 0.339. The summed E-state index contributed by atoms with van der Waals surface area (Å²) in [5.74, 6) is -0.339. The zero-order valence-corrected chi connectivity index (χ0v) is 8.06. The van der Waals surface area contributed by atoms with E-state index < -0.39 is 0 Å². The summed E-state index contributed by atoms with van der Waals surface area (Å²) in [6, 6.07) is 2.57. The Bertz CT molecular complexity index is 317. The molecule has 0 radical (unpaired) electrons. The number of nitrogens with one attached hydrogen (secondary N) is 1. The van der Waals surface area contributed by atoms with E-state index in [0.29, 0.717) is 11.6 Å². The molecule has 70 valence electrons. The number of carbonyl (C=O) groups is 1. The highest BCUT2D eigenvalue weighted by molar-refractivity contribution is 7.10. The lowest BCUT2D eigenvalue weighted by molar-refractivity contribution is 0.100. The van der Waals surface area contributed by atoms with E-state index in [1.807, 2.05) is 11.4 Å². The molecule has 0 aromatic carbocycles. The Balaban J connectivity index is 1.92. The molecule has 13 heavy (non-hydrogen) atoms. The number of primary amides is 1. The summed E-state index contributed by atoms with van der Waals surface area (Å²) in [5.41, 5.74) is 5.77. The van der Waals surface area contributed by atoms with Gasteiger partial charge < -0.3 is 11.1 Å². The fraction of sp³-hybridized carbons (Fsp3) is 0.444. The van der Waals surface area contributed by atoms with E-state index in [1.54, 1.807) is 11.3 Å². The van der Waals surface area contributed by atoms with E-state index in [1.165, 1.54) is 17.7 Å². The van der Waals surface area contributed by atoms with Crippen molar-refractivity contribution in [3.63, 3.8) is 0 Å². The van der Waals surface area contributed by atoms with Gasteiger partial charge in [-0.1, -0.05) is 0 Å². The van der Waals surface area contributed by atoms with E-state index in [4.69, 9.17) is 5.73 Å². The number of hydrogen-bond acceptors (Lipinski definition) is 3. The Morgan fingerprint density at radius 3 is 3.00 bits per heavy atom. The predicted octanol–water partition coefficient (Wildman–Crippen LogP) is 1.10. The van der Waals surface area contributed by atoms with Crippen molar-refractivity contribution in [2.45, 2.75) is 25.4 Å². The second-order valence-electron chi connectivity index (χ2n) is 3.32. The molecule has 3 N–H and O–H groups in total. The molecule has 1 saturated carbocycles. The smallest absolute Gasteiger partial charge is 0.249 e. The Kier molecular flexibility index (Phi) is 2.33. The summed E-state index contributed by atoms with van der Waals surface area (Å²) in [6.45, 7) is 0.864. The summed E-state index contributed by atoms with van der Waals surface area (Å²) in [7, 11) is 0. The molecule has 3 nitrogen and oxygen atoms in total. The highest BCUT2D eigenvalue weighted by Gasteiger charge is 2.20. The van der Waals surface area contributed by atoms with Gasteiger partial charge in [0, 0.05) is 22.8 Å². The van der Waals surface area contributed by atoms with Gasteiger partial charge in [-0.05, 0) is 18.9 Å². The third-order valence-corrected chi connectivity index (χ3v) is 3.02. The first-order valence-corrected chi connectivity index (χ1v) is 5.24. The molecule has 1 aliphatic carbocycles. The number of nitrogens with two attached hydrogens (primary N) is 1. The molecule has 0 unspecified atom stereocenters. The van der Waals surface area contributed by atoms with Crippen molar-refractivity contribution in [1.82, 2.24) is 5.32 Å². The first-order chi connectivity index (χ1) is 6.25. The van der Waals surface area contributed by atoms with Crippen LogP contribution < -0.4 is 11.1 Å². The molecule has 1 aromatic rings. The van der Waals surface area contributed by atoms with Crippen LogP contribution in [0.2, 0.25) is 0 Å². The van der Waals surface area contributed by atoms with Gasteiger partial charge in [0.2, 0.25) is 5.91 Å². The highest BCUT2D eigenvalue weighted by Crippen LogP contribution is 2.21. The molecule has 1 fully saturated rings. The molecular weight excluding hydrogens is 184 g/mol. The van der Waals surface area contributed by atoms with E-state index in [2.05, 4.69) is 5.32 Å². The lowest BCUT2D eigenvalue weighted by atomic mass is 10.3. The normalized spacial score (nSPS) is 16.0. The van der Waals surface area contributed by atoms with Crippen molar-refractivity contribution in [1.29, 1.82) is 0 Å². The summed E-state index contributed by atoms with van der Waals surface area (Å²) >= 11 is 1.58. The maximum absolute atomic E-state index is 10.8. The summed E-state index contributed by atoms with van der Waals surface area (Å²) in [4.78, 5) is 12.0. The lowest BCUT2D eigenvalue weighted by Gasteiger charge is -1.97. The minimum Gasteiger partial charge on any atom is -0.366 e. The Hall–Kier alpha value is -0.870. The standard InChI is InChI=1S/C9H12N2OS/c10-9(12)6-3-8(13-5-6)4-11-7-1-2-7/h3,5,7,11H,1-2,4H2,(H2,10,12). The van der Waals surface area contributed by atoms with Crippen LogP contribution in [0.5, 0.6) is 0 Å². The molecule has 0 bridgehead atoms. The third-order valence-electron chi connectivity index (χ3n) is 2.08. The van der Waals surface area contributed by atoms with E-state index in [-0.39, 0.29) is 5.91 Å². The molecule has 4 heteroatoms. The van der Waals surface area contributed by atoms with Gasteiger partial charge in [0.05, 0.1) is 5.56 Å². The molecular formula is C9H12N2OS. The SMILES string of the molecule is NC(=O)c1csc(CNC2CC2)c1. The Labute approximate surface area is 80.9 Å². The largest absolute Gasteiger partial charge is 0.366 e. The van der Waals surface area contributed by atoms with Crippen molar-refractivity contribution in [2.75, 3.05) is 0 Å². The number of thiophene rings is 1. The zero-order valence-electron chi connectivity index (χ0n) is 7.25. The third kappa shape index (κ3) is 2.29. The van der Waals surface area contributed by atoms with Crippen LogP contribution in [0.3, 0.4) is 0 Å². The van der Waals surface area contributed by atoms with Crippen LogP contribution in [0.4, 0.5) is 0 Å². The average molecular weight is 196 g/mol. The van der Waals surface area contributed by atoms with Gasteiger partial charge in [0.1, 0.15) is 0 Å². The Morgan fingerprint density at radius 1 is 1.69 bits per heavy atom. The monoisotopic (exact) mass is 196 g/mol. The van der Waals surface area contributed by atoms with Crippen LogP contribution in [-0.2, 0) is 6.54 Å². The first kappa shape index (κ1) is 8.72. The lowest BCUT2D eigenvalue weighted by Crippen LogP contribution is -2.14. The van der Waals surface area contributed by atoms with Crippen LogP contribution in [0.25, 0.3) is 0 Å². The summed E-state index contributed by atoms with van der Waals surface area (Å²) < 4.78 is 0. The van der Waals surface area contributed by atoms with E-state index in [0.717, 1.165) is 6.54 Å². The van der Waals surface area contributed by atoms with Crippen molar-refractivity contribution in [3.8, 4) is 0 Å². The molecule has 0 atom stereocenters. The number of rotatable bonds is 4. The Morgan fingerprint density at radius 2 is 2.46 bits per heavy atom. The molecule has 1 aliphatic rings. The zero-order chi connectivity index (χ0) is 9.26. The summed E-state index contributed by atoms with van der Waals surface area (Å²) in [6.07, 6.45) is 2.57. The molecule has 0 saturated heterocycles. The molecule has 1 amide bonds. The second-order valence-corrected chi connectivity index (χ2v) is 4.32. The van der Waals surface area contributed by atoms with Gasteiger partial charge in [0.25, 0.3) is 0 Å². The van der Waals surface area contributed by atoms with Gasteiger partial charge in [0.15, 0.2) is 0 Å². The minimum atomic E-state index is -0.339. The van der Waals surface area contributed by atoms with Crippen molar-refractivity contribution >= 4 is 17.2 Å². The average Bonchev–Trinajstić information content (AvgIpc) is 2.79.